The molecule has 0 N–H and O–H groups in total. The molecular formula is C10H15NO2. The second-order valence-electron chi connectivity index (χ2n) is 3.68. The molecule has 0 aromatic heterocycles. The fourth-order valence-corrected chi connectivity index (χ4v) is 2.15. The summed E-state index contributed by atoms with van der Waals surface area (Å²) in [5.41, 5.74) is 0. The van der Waals surface area contributed by atoms with Crippen LogP contribution in [0.25, 0.3) is 0 Å². The molecule has 1 heterocycles. The summed E-state index contributed by atoms with van der Waals surface area (Å²) in [6.45, 7) is 3.18. The zero-order chi connectivity index (χ0) is 9.26. The first-order valence-corrected chi connectivity index (χ1v) is 4.91. The lowest BCUT2D eigenvalue weighted by Gasteiger charge is -2.20. The van der Waals surface area contributed by atoms with Gasteiger partial charge in [0.05, 0.1) is 12.6 Å². The van der Waals surface area contributed by atoms with Gasteiger partial charge in [-0.25, -0.2) is 4.79 Å². The van der Waals surface area contributed by atoms with Crippen LogP contribution < -0.4 is 0 Å². The Hall–Kier alpha value is -0.990. The molecule has 0 spiro atoms. The summed E-state index contributed by atoms with van der Waals surface area (Å²) in [5.74, 6) is 0.666. The van der Waals surface area contributed by atoms with Crippen LogP contribution in [0.4, 0.5) is 4.79 Å². The second kappa shape index (κ2) is 3.40. The van der Waals surface area contributed by atoms with Crippen molar-refractivity contribution in [3.05, 3.63) is 12.2 Å². The van der Waals surface area contributed by atoms with Gasteiger partial charge >= 0.3 is 6.09 Å². The van der Waals surface area contributed by atoms with Gasteiger partial charge in [-0.1, -0.05) is 12.2 Å². The Bertz CT molecular complexity index is 237. The van der Waals surface area contributed by atoms with Crippen LogP contribution in [0.15, 0.2) is 12.2 Å². The number of ether oxygens (including phenoxy) is 1. The summed E-state index contributed by atoms with van der Waals surface area (Å²) in [5, 5.41) is 0. The molecule has 0 aromatic carbocycles. The van der Waals surface area contributed by atoms with Gasteiger partial charge in [0, 0.05) is 6.54 Å². The van der Waals surface area contributed by atoms with Crippen LogP contribution in [0.5, 0.6) is 0 Å². The SMILES string of the molecule is CCOC(=O)N1CC2CC=CC1C2. The van der Waals surface area contributed by atoms with Crippen molar-refractivity contribution in [2.75, 3.05) is 13.2 Å². The lowest BCUT2D eigenvalue weighted by molar-refractivity contribution is 0.108. The van der Waals surface area contributed by atoms with E-state index in [1.54, 1.807) is 0 Å². The van der Waals surface area contributed by atoms with Crippen LogP contribution in [0.2, 0.25) is 0 Å². The van der Waals surface area contributed by atoms with Crippen molar-refractivity contribution in [1.82, 2.24) is 4.90 Å². The number of carbonyl (C=O) groups excluding carboxylic acids is 1. The topological polar surface area (TPSA) is 29.5 Å². The molecule has 1 aliphatic heterocycles. The molecule has 2 atom stereocenters. The van der Waals surface area contributed by atoms with Gasteiger partial charge < -0.3 is 9.64 Å². The van der Waals surface area contributed by atoms with Crippen molar-refractivity contribution in [3.8, 4) is 0 Å². The molecule has 0 radical (unpaired) electrons. The van der Waals surface area contributed by atoms with Gasteiger partial charge in [-0.2, -0.15) is 0 Å². The number of rotatable bonds is 1. The van der Waals surface area contributed by atoms with Crippen LogP contribution in [0, 0.1) is 5.92 Å². The number of carbonyl (C=O) groups is 1. The number of fused-ring (bicyclic) bond motifs is 2. The standard InChI is InChI=1S/C10H15NO2/c1-2-13-10(12)11-7-8-4-3-5-9(11)6-8/h3,5,8-9H,2,4,6-7H2,1H3. The Balaban J connectivity index is 2.01. The second-order valence-corrected chi connectivity index (χ2v) is 3.68. The van der Waals surface area contributed by atoms with Gasteiger partial charge in [0.15, 0.2) is 0 Å². The van der Waals surface area contributed by atoms with E-state index in [0.29, 0.717) is 18.6 Å². The molecular weight excluding hydrogens is 166 g/mol. The van der Waals surface area contributed by atoms with Gasteiger partial charge in [0.2, 0.25) is 0 Å². The van der Waals surface area contributed by atoms with Gasteiger partial charge in [-0.05, 0) is 25.7 Å². The van der Waals surface area contributed by atoms with E-state index in [0.717, 1.165) is 19.4 Å². The van der Waals surface area contributed by atoms with Crippen molar-refractivity contribution in [2.24, 2.45) is 5.92 Å². The minimum absolute atomic E-state index is 0.151. The minimum atomic E-state index is -0.151. The Morgan fingerprint density at radius 2 is 2.54 bits per heavy atom. The Kier molecular flexibility index (Phi) is 2.25. The number of amides is 1. The molecule has 1 amide bonds. The Morgan fingerprint density at radius 3 is 3.23 bits per heavy atom. The molecule has 0 aromatic rings. The third-order valence-electron chi connectivity index (χ3n) is 2.76. The maximum Gasteiger partial charge on any atom is 0.410 e. The fourth-order valence-electron chi connectivity index (χ4n) is 2.15. The molecule has 13 heavy (non-hydrogen) atoms. The summed E-state index contributed by atoms with van der Waals surface area (Å²) < 4.78 is 4.99. The lowest BCUT2D eigenvalue weighted by atomic mass is 9.97. The molecule has 0 saturated carbocycles. The van der Waals surface area contributed by atoms with Crippen molar-refractivity contribution in [3.63, 3.8) is 0 Å². The molecule has 2 bridgehead atoms. The van der Waals surface area contributed by atoms with Gasteiger partial charge in [0.25, 0.3) is 0 Å². The molecule has 1 fully saturated rings. The zero-order valence-corrected chi connectivity index (χ0v) is 7.90. The average molecular weight is 181 g/mol. The summed E-state index contributed by atoms with van der Waals surface area (Å²) in [6.07, 6.45) is 6.39. The highest BCUT2D eigenvalue weighted by atomic mass is 16.6. The highest BCUT2D eigenvalue weighted by Gasteiger charge is 2.35. The highest BCUT2D eigenvalue weighted by molar-refractivity contribution is 5.69. The van der Waals surface area contributed by atoms with Crippen LogP contribution in [0.3, 0.4) is 0 Å². The Morgan fingerprint density at radius 1 is 1.69 bits per heavy atom. The maximum atomic E-state index is 11.5. The quantitative estimate of drug-likeness (QED) is 0.577. The number of allylic oxidation sites excluding steroid dienone is 1. The first kappa shape index (κ1) is 8.60. The van der Waals surface area contributed by atoms with Gasteiger partial charge in [0.1, 0.15) is 0 Å². The summed E-state index contributed by atoms with van der Waals surface area (Å²) in [4.78, 5) is 13.3. The summed E-state index contributed by atoms with van der Waals surface area (Å²) in [6, 6.07) is 0.304. The van der Waals surface area contributed by atoms with Crippen molar-refractivity contribution < 1.29 is 9.53 Å². The van der Waals surface area contributed by atoms with E-state index in [2.05, 4.69) is 12.2 Å². The van der Waals surface area contributed by atoms with Crippen LogP contribution in [-0.4, -0.2) is 30.2 Å². The normalized spacial score (nSPS) is 30.7. The Labute approximate surface area is 78.4 Å². The van der Waals surface area contributed by atoms with Crippen molar-refractivity contribution >= 4 is 6.09 Å². The van der Waals surface area contributed by atoms with Crippen molar-refractivity contribution in [2.45, 2.75) is 25.8 Å². The molecule has 2 rings (SSSR count). The first-order chi connectivity index (χ1) is 6.31. The number of hydrogen-bond acceptors (Lipinski definition) is 2. The molecule has 1 saturated heterocycles. The van der Waals surface area contributed by atoms with Crippen LogP contribution in [-0.2, 0) is 4.74 Å². The van der Waals surface area contributed by atoms with Crippen LogP contribution in [0.1, 0.15) is 19.8 Å². The molecule has 2 aliphatic rings. The first-order valence-electron chi connectivity index (χ1n) is 4.91. The predicted octanol–water partition coefficient (Wildman–Crippen LogP) is 1.79. The summed E-state index contributed by atoms with van der Waals surface area (Å²) >= 11 is 0. The van der Waals surface area contributed by atoms with Crippen LogP contribution >= 0.6 is 0 Å². The molecule has 3 heteroatoms. The van der Waals surface area contributed by atoms with E-state index < -0.39 is 0 Å². The number of hydrogen-bond donors (Lipinski definition) is 0. The van der Waals surface area contributed by atoms with E-state index >= 15 is 0 Å². The van der Waals surface area contributed by atoms with E-state index in [4.69, 9.17) is 4.74 Å². The van der Waals surface area contributed by atoms with Gasteiger partial charge in [-0.15, -0.1) is 0 Å². The zero-order valence-electron chi connectivity index (χ0n) is 7.90. The van der Waals surface area contributed by atoms with E-state index in [9.17, 15) is 4.79 Å². The maximum absolute atomic E-state index is 11.5. The molecule has 3 nitrogen and oxygen atoms in total. The fraction of sp³-hybridized carbons (Fsp3) is 0.700. The number of nitrogens with zero attached hydrogens (tertiary/aromatic N) is 1. The van der Waals surface area contributed by atoms with E-state index in [1.807, 2.05) is 11.8 Å². The minimum Gasteiger partial charge on any atom is -0.450 e. The largest absolute Gasteiger partial charge is 0.450 e. The van der Waals surface area contributed by atoms with E-state index in [1.165, 1.54) is 0 Å². The third kappa shape index (κ3) is 1.55. The van der Waals surface area contributed by atoms with Gasteiger partial charge in [-0.3, -0.25) is 0 Å². The van der Waals surface area contributed by atoms with Crippen molar-refractivity contribution in [1.29, 1.82) is 0 Å². The highest BCUT2D eigenvalue weighted by Crippen LogP contribution is 2.31. The smallest absolute Gasteiger partial charge is 0.410 e. The third-order valence-corrected chi connectivity index (χ3v) is 2.76. The number of likely N-dealkylation sites (tertiary alicyclic amines) is 1. The average Bonchev–Trinajstić information content (AvgIpc) is 2.42. The predicted molar refractivity (Wildman–Crippen MR) is 49.4 cm³/mol. The monoisotopic (exact) mass is 181 g/mol. The molecule has 72 valence electrons. The van der Waals surface area contributed by atoms with E-state index in [-0.39, 0.29) is 6.09 Å². The molecule has 2 unspecified atom stereocenters. The lowest BCUT2D eigenvalue weighted by Crippen LogP contribution is -2.34. The summed E-state index contributed by atoms with van der Waals surface area (Å²) in [7, 11) is 0. The molecule has 1 aliphatic carbocycles.